The molecule has 0 aliphatic carbocycles. The van der Waals surface area contributed by atoms with Crippen LogP contribution < -0.4 is 4.74 Å². The summed E-state index contributed by atoms with van der Waals surface area (Å²) in [4.78, 5) is 10.6. The molecule has 0 aliphatic rings. The number of benzene rings is 1. The first-order valence-electron chi connectivity index (χ1n) is 5.14. The molecule has 0 aliphatic heterocycles. The Morgan fingerprint density at radius 3 is 2.63 bits per heavy atom. The molecule has 0 aromatic heterocycles. The molecule has 102 valence electrons. The predicted octanol–water partition coefficient (Wildman–Crippen LogP) is 3.68. The third-order valence-corrected chi connectivity index (χ3v) is 3.39. The van der Waals surface area contributed by atoms with Crippen LogP contribution in [-0.2, 0) is 11.2 Å². The SMILES string of the molecule is CC(=O)C(Br)c1ccc(OC(F)(F)F)cc1CC#N. The molecule has 1 unspecified atom stereocenters. The molecule has 0 N–H and O–H groups in total. The zero-order valence-electron chi connectivity index (χ0n) is 9.79. The van der Waals surface area contributed by atoms with Gasteiger partial charge in [0.25, 0.3) is 0 Å². The monoisotopic (exact) mass is 335 g/mol. The van der Waals surface area contributed by atoms with Crippen molar-refractivity contribution < 1.29 is 22.7 Å². The van der Waals surface area contributed by atoms with Crippen molar-refractivity contribution in [2.24, 2.45) is 0 Å². The maximum absolute atomic E-state index is 12.1. The van der Waals surface area contributed by atoms with Crippen molar-refractivity contribution in [3.63, 3.8) is 0 Å². The van der Waals surface area contributed by atoms with Gasteiger partial charge in [0.05, 0.1) is 17.3 Å². The van der Waals surface area contributed by atoms with E-state index in [1.165, 1.54) is 13.0 Å². The van der Waals surface area contributed by atoms with Gasteiger partial charge in [-0.15, -0.1) is 13.2 Å². The van der Waals surface area contributed by atoms with Crippen LogP contribution in [0.3, 0.4) is 0 Å². The van der Waals surface area contributed by atoms with Crippen LogP contribution in [0.1, 0.15) is 22.9 Å². The second kappa shape index (κ2) is 6.06. The van der Waals surface area contributed by atoms with Crippen molar-refractivity contribution in [1.82, 2.24) is 0 Å². The van der Waals surface area contributed by atoms with Crippen molar-refractivity contribution in [1.29, 1.82) is 5.26 Å². The quantitative estimate of drug-likeness (QED) is 0.788. The average molecular weight is 336 g/mol. The molecule has 0 amide bonds. The molecule has 0 fully saturated rings. The first-order chi connectivity index (χ1) is 8.74. The summed E-state index contributed by atoms with van der Waals surface area (Å²) in [7, 11) is 0. The normalized spacial score (nSPS) is 12.6. The summed E-state index contributed by atoms with van der Waals surface area (Å²) in [6.07, 6.45) is -4.90. The molecule has 19 heavy (non-hydrogen) atoms. The Bertz CT molecular complexity index is 523. The van der Waals surface area contributed by atoms with Crippen LogP contribution in [0.5, 0.6) is 5.75 Å². The predicted molar refractivity (Wildman–Crippen MR) is 64.8 cm³/mol. The van der Waals surface area contributed by atoms with Crippen LogP contribution in [0.15, 0.2) is 18.2 Å². The molecule has 1 aromatic rings. The van der Waals surface area contributed by atoms with Gasteiger partial charge in [-0.2, -0.15) is 5.26 Å². The van der Waals surface area contributed by atoms with E-state index in [0.29, 0.717) is 11.1 Å². The van der Waals surface area contributed by atoms with Crippen molar-refractivity contribution in [3.05, 3.63) is 29.3 Å². The van der Waals surface area contributed by atoms with Crippen LogP contribution in [0.2, 0.25) is 0 Å². The third-order valence-electron chi connectivity index (χ3n) is 2.25. The molecule has 1 atom stereocenters. The number of carbonyl (C=O) groups excluding carboxylic acids is 1. The molecular formula is C12H9BrF3NO2. The third kappa shape index (κ3) is 4.56. The lowest BCUT2D eigenvalue weighted by Gasteiger charge is -2.14. The average Bonchev–Trinajstić information content (AvgIpc) is 2.26. The Morgan fingerprint density at radius 2 is 2.16 bits per heavy atom. The number of nitrogens with zero attached hydrogens (tertiary/aromatic N) is 1. The highest BCUT2D eigenvalue weighted by molar-refractivity contribution is 9.09. The highest BCUT2D eigenvalue weighted by atomic mass is 79.9. The van der Waals surface area contributed by atoms with Gasteiger partial charge in [0.1, 0.15) is 11.5 Å². The van der Waals surface area contributed by atoms with E-state index in [4.69, 9.17) is 5.26 Å². The van der Waals surface area contributed by atoms with Gasteiger partial charge < -0.3 is 4.74 Å². The Hall–Kier alpha value is -1.55. The van der Waals surface area contributed by atoms with Gasteiger partial charge in [-0.1, -0.05) is 22.0 Å². The molecule has 0 saturated heterocycles. The maximum atomic E-state index is 12.1. The lowest BCUT2D eigenvalue weighted by molar-refractivity contribution is -0.274. The topological polar surface area (TPSA) is 50.1 Å². The largest absolute Gasteiger partial charge is 0.573 e. The fourth-order valence-corrected chi connectivity index (χ4v) is 1.93. The number of nitriles is 1. The van der Waals surface area contributed by atoms with Gasteiger partial charge in [-0.3, -0.25) is 4.79 Å². The standard InChI is InChI=1S/C12H9BrF3NO2/c1-7(18)11(13)10-3-2-9(19-12(14,15)16)6-8(10)4-5-17/h2-3,6,11H,4H2,1H3. The number of hydrogen-bond acceptors (Lipinski definition) is 3. The van der Waals surface area contributed by atoms with E-state index in [9.17, 15) is 18.0 Å². The van der Waals surface area contributed by atoms with E-state index in [-0.39, 0.29) is 12.2 Å². The number of rotatable bonds is 4. The molecule has 0 heterocycles. The van der Waals surface area contributed by atoms with Gasteiger partial charge in [-0.25, -0.2) is 0 Å². The van der Waals surface area contributed by atoms with E-state index >= 15 is 0 Å². The van der Waals surface area contributed by atoms with Gasteiger partial charge in [0.15, 0.2) is 0 Å². The van der Waals surface area contributed by atoms with Crippen molar-refractivity contribution in [2.45, 2.75) is 24.5 Å². The summed E-state index contributed by atoms with van der Waals surface area (Å²) >= 11 is 3.14. The maximum Gasteiger partial charge on any atom is 0.573 e. The van der Waals surface area contributed by atoms with Gasteiger partial charge in [-0.05, 0) is 30.2 Å². The molecule has 3 nitrogen and oxygen atoms in total. The molecule has 1 aromatic carbocycles. The minimum absolute atomic E-state index is 0.111. The number of carbonyl (C=O) groups is 1. The fourth-order valence-electron chi connectivity index (χ4n) is 1.48. The fraction of sp³-hybridized carbons (Fsp3) is 0.333. The first-order valence-corrected chi connectivity index (χ1v) is 6.06. The summed E-state index contributed by atoms with van der Waals surface area (Å²) in [5.41, 5.74) is 0.782. The van der Waals surface area contributed by atoms with Crippen LogP contribution in [0, 0.1) is 11.3 Å². The molecule has 0 spiro atoms. The Morgan fingerprint density at radius 1 is 1.53 bits per heavy atom. The molecular weight excluding hydrogens is 327 g/mol. The van der Waals surface area contributed by atoms with Gasteiger partial charge in [0.2, 0.25) is 0 Å². The number of Topliss-reactive ketones (excluding diaryl/α,β-unsaturated/α-hetero) is 1. The van der Waals surface area contributed by atoms with E-state index < -0.39 is 16.9 Å². The van der Waals surface area contributed by atoms with E-state index in [2.05, 4.69) is 20.7 Å². The second-order valence-electron chi connectivity index (χ2n) is 3.72. The number of ether oxygens (including phenoxy) is 1. The Kier molecular flexibility index (Phi) is 4.95. The number of alkyl halides is 4. The van der Waals surface area contributed by atoms with Gasteiger partial charge in [0, 0.05) is 0 Å². The Balaban J connectivity index is 3.15. The summed E-state index contributed by atoms with van der Waals surface area (Å²) < 4.78 is 40.1. The lowest BCUT2D eigenvalue weighted by Crippen LogP contribution is -2.17. The molecule has 0 saturated carbocycles. The summed E-state index contributed by atoms with van der Waals surface area (Å²) in [6, 6.07) is 5.41. The molecule has 0 bridgehead atoms. The smallest absolute Gasteiger partial charge is 0.406 e. The van der Waals surface area contributed by atoms with E-state index in [1.54, 1.807) is 0 Å². The number of ketones is 1. The van der Waals surface area contributed by atoms with Crippen LogP contribution in [0.4, 0.5) is 13.2 Å². The van der Waals surface area contributed by atoms with Gasteiger partial charge >= 0.3 is 6.36 Å². The van der Waals surface area contributed by atoms with Crippen LogP contribution in [-0.4, -0.2) is 12.1 Å². The van der Waals surface area contributed by atoms with Crippen molar-refractivity contribution in [2.75, 3.05) is 0 Å². The molecule has 7 heteroatoms. The summed E-state index contributed by atoms with van der Waals surface area (Å²) in [6.45, 7) is 1.34. The highest BCUT2D eigenvalue weighted by Crippen LogP contribution is 2.31. The Labute approximate surface area is 116 Å². The minimum Gasteiger partial charge on any atom is -0.406 e. The number of halogens is 4. The number of hydrogen-bond donors (Lipinski definition) is 0. The lowest BCUT2D eigenvalue weighted by atomic mass is 10.0. The van der Waals surface area contributed by atoms with Crippen LogP contribution in [0.25, 0.3) is 0 Å². The molecule has 1 rings (SSSR count). The van der Waals surface area contributed by atoms with Crippen molar-refractivity contribution >= 4 is 21.7 Å². The zero-order valence-corrected chi connectivity index (χ0v) is 11.4. The van der Waals surface area contributed by atoms with Crippen molar-refractivity contribution in [3.8, 4) is 11.8 Å². The minimum atomic E-state index is -4.79. The molecule has 0 radical (unpaired) electrons. The summed E-state index contributed by atoms with van der Waals surface area (Å²) in [5.74, 6) is -0.617. The van der Waals surface area contributed by atoms with E-state index in [1.807, 2.05) is 6.07 Å². The first kappa shape index (κ1) is 15.5. The summed E-state index contributed by atoms with van der Waals surface area (Å²) in [5, 5.41) is 8.67. The van der Waals surface area contributed by atoms with E-state index in [0.717, 1.165) is 12.1 Å². The zero-order chi connectivity index (χ0) is 14.6. The van der Waals surface area contributed by atoms with Crippen LogP contribution >= 0.6 is 15.9 Å². The highest BCUT2D eigenvalue weighted by Gasteiger charge is 2.31. The second-order valence-corrected chi connectivity index (χ2v) is 4.63.